The van der Waals surface area contributed by atoms with Gasteiger partial charge in [-0.15, -0.1) is 0 Å². The SMILES string of the molecule is CCCSc1nc(Cl)c([N+](=O)[O-])c(N[C@@H]2C[C@H](OCCO[Si](C)(C)C(C)(C)C)[C@H]3OC(C)(C)O[C@H]32)n1. The van der Waals surface area contributed by atoms with Crippen LogP contribution in [0.15, 0.2) is 5.16 Å². The number of nitro groups is 1. The van der Waals surface area contributed by atoms with Gasteiger partial charge in [-0.05, 0) is 44.8 Å². The van der Waals surface area contributed by atoms with Gasteiger partial charge in [0.05, 0.1) is 30.3 Å². The summed E-state index contributed by atoms with van der Waals surface area (Å²) in [5.41, 5.74) is -0.348. The van der Waals surface area contributed by atoms with Gasteiger partial charge in [0.25, 0.3) is 0 Å². The van der Waals surface area contributed by atoms with Gasteiger partial charge in [-0.3, -0.25) is 10.1 Å². The largest absolute Gasteiger partial charge is 0.414 e. The van der Waals surface area contributed by atoms with E-state index in [0.717, 1.165) is 12.2 Å². The van der Waals surface area contributed by atoms with Gasteiger partial charge < -0.3 is 24.0 Å². The lowest BCUT2D eigenvalue weighted by Gasteiger charge is -2.36. The molecule has 0 radical (unpaired) electrons. The second kappa shape index (κ2) is 11.4. The predicted octanol–water partition coefficient (Wildman–Crippen LogP) is 5.65. The van der Waals surface area contributed by atoms with Gasteiger partial charge in [0.2, 0.25) is 11.0 Å². The van der Waals surface area contributed by atoms with Gasteiger partial charge in [0.15, 0.2) is 19.3 Å². The van der Waals surface area contributed by atoms with Crippen LogP contribution in [0.3, 0.4) is 0 Å². The Hall–Kier alpha value is -1.02. The van der Waals surface area contributed by atoms with Gasteiger partial charge in [0, 0.05) is 5.75 Å². The van der Waals surface area contributed by atoms with E-state index in [1.54, 1.807) is 0 Å². The van der Waals surface area contributed by atoms with E-state index in [2.05, 4.69) is 49.1 Å². The number of thioether (sulfide) groups is 1. The van der Waals surface area contributed by atoms with Gasteiger partial charge in [-0.2, -0.15) is 4.98 Å². The molecule has 0 amide bonds. The van der Waals surface area contributed by atoms with Crippen LogP contribution in [0.4, 0.5) is 11.5 Å². The Labute approximate surface area is 223 Å². The topological polar surface area (TPSA) is 118 Å². The molecule has 1 saturated carbocycles. The number of halogens is 1. The number of fused-ring (bicyclic) bond motifs is 1. The number of rotatable bonds is 11. The fourth-order valence-electron chi connectivity index (χ4n) is 4.06. The fraction of sp³-hybridized carbons (Fsp3) is 0.826. The van der Waals surface area contributed by atoms with Crippen molar-refractivity contribution in [1.29, 1.82) is 0 Å². The molecule has 1 aliphatic carbocycles. The Bertz CT molecular complexity index is 948. The summed E-state index contributed by atoms with van der Waals surface area (Å²) in [6.07, 6.45) is 0.488. The monoisotopic (exact) mass is 562 g/mol. The smallest absolute Gasteiger partial charge is 0.348 e. The van der Waals surface area contributed by atoms with E-state index in [4.69, 9.17) is 30.2 Å². The van der Waals surface area contributed by atoms with Crippen LogP contribution < -0.4 is 5.32 Å². The third kappa shape index (κ3) is 6.89. The standard InChI is InChI=1S/C23H39ClN4O6SSi/c1-9-12-35-21-26-19(24)16(28(29)30)20(27-21)25-14-13-15(18-17(14)33-23(5,6)34-18)31-10-11-32-36(7,8)22(2,3)4/h14-15,17-18H,9-13H2,1-8H3,(H,25,26,27)/t14-,15+,17+,18-/m1/s1. The Morgan fingerprint density at radius 1 is 1.25 bits per heavy atom. The highest BCUT2D eigenvalue weighted by Crippen LogP contribution is 2.42. The maximum atomic E-state index is 11.8. The molecule has 2 aliphatic rings. The van der Waals surface area contributed by atoms with E-state index in [1.807, 2.05) is 20.8 Å². The van der Waals surface area contributed by atoms with Crippen LogP contribution in [0.1, 0.15) is 54.4 Å². The molecule has 4 atom stereocenters. The van der Waals surface area contributed by atoms with Crippen molar-refractivity contribution in [1.82, 2.24) is 9.97 Å². The van der Waals surface area contributed by atoms with Crippen molar-refractivity contribution in [3.63, 3.8) is 0 Å². The molecule has 204 valence electrons. The molecular weight excluding hydrogens is 524 g/mol. The fourth-order valence-corrected chi connectivity index (χ4v) is 6.07. The van der Waals surface area contributed by atoms with E-state index in [-0.39, 0.29) is 46.1 Å². The minimum atomic E-state index is -1.87. The Morgan fingerprint density at radius 3 is 2.53 bits per heavy atom. The summed E-state index contributed by atoms with van der Waals surface area (Å²) in [6.45, 7) is 17.7. The average Bonchev–Trinajstić information content (AvgIpc) is 3.21. The van der Waals surface area contributed by atoms with E-state index in [9.17, 15) is 10.1 Å². The zero-order valence-corrected chi connectivity index (χ0v) is 25.0. The first-order valence-corrected chi connectivity index (χ1v) is 16.6. The van der Waals surface area contributed by atoms with E-state index in [0.29, 0.717) is 24.8 Å². The summed E-state index contributed by atoms with van der Waals surface area (Å²) in [6, 6.07) is -0.322. The zero-order valence-electron chi connectivity index (χ0n) is 22.4. The van der Waals surface area contributed by atoms with Crippen LogP contribution in [0.5, 0.6) is 0 Å². The minimum absolute atomic E-state index is 0.0811. The molecule has 1 aromatic heterocycles. The molecule has 0 aromatic carbocycles. The van der Waals surface area contributed by atoms with E-state index in [1.165, 1.54) is 11.8 Å². The summed E-state index contributed by atoms with van der Waals surface area (Å²) in [5.74, 6) is 0.0593. The number of ether oxygens (including phenoxy) is 3. The highest BCUT2D eigenvalue weighted by molar-refractivity contribution is 7.99. The average molecular weight is 563 g/mol. The lowest BCUT2D eigenvalue weighted by molar-refractivity contribution is -0.384. The van der Waals surface area contributed by atoms with Crippen molar-refractivity contribution in [2.75, 3.05) is 24.3 Å². The summed E-state index contributed by atoms with van der Waals surface area (Å²) >= 11 is 7.60. The molecule has 0 unspecified atom stereocenters. The van der Waals surface area contributed by atoms with Crippen LogP contribution in [0, 0.1) is 10.1 Å². The first-order chi connectivity index (χ1) is 16.6. The van der Waals surface area contributed by atoms with Gasteiger partial charge in [0.1, 0.15) is 12.2 Å². The van der Waals surface area contributed by atoms with Gasteiger partial charge >= 0.3 is 5.69 Å². The van der Waals surface area contributed by atoms with Crippen LogP contribution in [0.25, 0.3) is 0 Å². The summed E-state index contributed by atoms with van der Waals surface area (Å²) in [7, 11) is -1.87. The van der Waals surface area contributed by atoms with Crippen LogP contribution in [-0.2, 0) is 18.6 Å². The zero-order chi connectivity index (χ0) is 26.9. The normalized spacial score (nSPS) is 25.7. The third-order valence-electron chi connectivity index (χ3n) is 6.86. The predicted molar refractivity (Wildman–Crippen MR) is 143 cm³/mol. The van der Waals surface area contributed by atoms with E-state index >= 15 is 0 Å². The number of aromatic nitrogens is 2. The molecule has 2 fully saturated rings. The quantitative estimate of drug-likeness (QED) is 0.0689. The lowest BCUT2D eigenvalue weighted by Crippen LogP contribution is -2.42. The highest BCUT2D eigenvalue weighted by Gasteiger charge is 2.55. The van der Waals surface area contributed by atoms with Crippen LogP contribution >= 0.6 is 23.4 Å². The second-order valence-corrected chi connectivity index (χ2v) is 17.4. The first kappa shape index (κ1) is 29.5. The second-order valence-electron chi connectivity index (χ2n) is 11.2. The van der Waals surface area contributed by atoms with Crippen molar-refractivity contribution in [3.8, 4) is 0 Å². The number of hydrogen-bond donors (Lipinski definition) is 1. The number of hydrogen-bond acceptors (Lipinski definition) is 10. The van der Waals surface area contributed by atoms with Crippen molar-refractivity contribution >= 4 is 43.2 Å². The summed E-state index contributed by atoms with van der Waals surface area (Å²) < 4.78 is 24.8. The molecule has 1 saturated heterocycles. The number of nitrogens with zero attached hydrogens (tertiary/aromatic N) is 3. The van der Waals surface area contributed by atoms with Crippen molar-refractivity contribution in [3.05, 3.63) is 15.3 Å². The molecule has 1 aromatic rings. The van der Waals surface area contributed by atoms with Gasteiger partial charge in [-0.25, -0.2) is 4.98 Å². The summed E-state index contributed by atoms with van der Waals surface area (Å²) in [5, 5.41) is 15.3. The molecule has 3 rings (SSSR count). The molecule has 13 heteroatoms. The van der Waals surface area contributed by atoms with E-state index < -0.39 is 19.0 Å². The van der Waals surface area contributed by atoms with Crippen LogP contribution in [0.2, 0.25) is 23.3 Å². The van der Waals surface area contributed by atoms with Crippen molar-refractivity contribution in [2.45, 2.75) is 108 Å². The summed E-state index contributed by atoms with van der Waals surface area (Å²) in [4.78, 5) is 19.7. The Balaban J connectivity index is 1.74. The lowest BCUT2D eigenvalue weighted by atomic mass is 10.2. The van der Waals surface area contributed by atoms with Gasteiger partial charge in [-0.1, -0.05) is 51.1 Å². The Kier molecular flexibility index (Phi) is 9.34. The molecule has 2 heterocycles. The number of anilines is 1. The molecule has 1 N–H and O–H groups in total. The minimum Gasteiger partial charge on any atom is -0.414 e. The van der Waals surface area contributed by atoms with Crippen molar-refractivity contribution < 1.29 is 23.6 Å². The maximum Gasteiger partial charge on any atom is 0.348 e. The molecule has 0 bridgehead atoms. The third-order valence-corrected chi connectivity index (χ3v) is 12.7. The maximum absolute atomic E-state index is 11.8. The van der Waals surface area contributed by atoms with Crippen LogP contribution in [-0.4, -0.2) is 72.3 Å². The van der Waals surface area contributed by atoms with Crippen molar-refractivity contribution in [2.24, 2.45) is 0 Å². The molecule has 36 heavy (non-hydrogen) atoms. The number of nitrogens with one attached hydrogen (secondary N) is 1. The Morgan fingerprint density at radius 2 is 1.92 bits per heavy atom. The molecule has 1 aliphatic heterocycles. The molecule has 0 spiro atoms. The first-order valence-electron chi connectivity index (χ1n) is 12.4. The molecule has 10 nitrogen and oxygen atoms in total. The highest BCUT2D eigenvalue weighted by atomic mass is 35.5. The molecular formula is C23H39ClN4O6SSi.